The van der Waals surface area contributed by atoms with Crippen LogP contribution in [-0.2, 0) is 0 Å². The first-order chi connectivity index (χ1) is 9.99. The molecule has 0 spiro atoms. The minimum absolute atomic E-state index is 0.247. The molecule has 1 saturated heterocycles. The second-order valence-electron chi connectivity index (χ2n) is 5.93. The van der Waals surface area contributed by atoms with Gasteiger partial charge in [0.1, 0.15) is 5.65 Å². The average Bonchev–Trinajstić information content (AvgIpc) is 2.98. The van der Waals surface area contributed by atoms with Gasteiger partial charge in [-0.25, -0.2) is 9.78 Å². The molecule has 0 aliphatic carbocycles. The van der Waals surface area contributed by atoms with Crippen molar-refractivity contribution in [2.45, 2.75) is 13.0 Å². The standard InChI is InChI=1S/C15H20N4O2/c1-10-8-18(9-11(10)17(2)3)14-13(15(20)21)19-7-5-4-6-12(19)16-14/h4-7,10-11H,8-9H2,1-3H3,(H,20,21). The summed E-state index contributed by atoms with van der Waals surface area (Å²) >= 11 is 0. The Kier molecular flexibility index (Phi) is 3.33. The fraction of sp³-hybridized carbons (Fsp3) is 0.467. The second kappa shape index (κ2) is 5.04. The third kappa shape index (κ3) is 2.25. The maximum atomic E-state index is 11.7. The monoisotopic (exact) mass is 288 g/mol. The van der Waals surface area contributed by atoms with Crippen molar-refractivity contribution in [2.75, 3.05) is 32.1 Å². The molecule has 6 heteroatoms. The molecule has 112 valence electrons. The van der Waals surface area contributed by atoms with Gasteiger partial charge in [-0.05, 0) is 32.1 Å². The Morgan fingerprint density at radius 3 is 2.76 bits per heavy atom. The maximum Gasteiger partial charge on any atom is 0.356 e. The van der Waals surface area contributed by atoms with Gasteiger partial charge < -0.3 is 14.9 Å². The first-order valence-electron chi connectivity index (χ1n) is 7.10. The van der Waals surface area contributed by atoms with Gasteiger partial charge in [0, 0.05) is 25.3 Å². The van der Waals surface area contributed by atoms with E-state index in [4.69, 9.17) is 0 Å². The number of pyridine rings is 1. The van der Waals surface area contributed by atoms with Crippen molar-refractivity contribution in [3.8, 4) is 0 Å². The molecule has 0 saturated carbocycles. The van der Waals surface area contributed by atoms with Gasteiger partial charge in [0.15, 0.2) is 11.5 Å². The number of imidazole rings is 1. The number of rotatable bonds is 3. The summed E-state index contributed by atoms with van der Waals surface area (Å²) in [5.41, 5.74) is 0.920. The largest absolute Gasteiger partial charge is 0.476 e. The van der Waals surface area contributed by atoms with Gasteiger partial charge in [0.05, 0.1) is 0 Å². The molecule has 6 nitrogen and oxygen atoms in total. The Bertz CT molecular complexity index is 679. The van der Waals surface area contributed by atoms with E-state index in [2.05, 4.69) is 35.8 Å². The summed E-state index contributed by atoms with van der Waals surface area (Å²) in [4.78, 5) is 20.5. The van der Waals surface area contributed by atoms with Crippen LogP contribution in [0.1, 0.15) is 17.4 Å². The zero-order valence-electron chi connectivity index (χ0n) is 12.5. The van der Waals surface area contributed by atoms with Crippen molar-refractivity contribution in [1.29, 1.82) is 0 Å². The number of fused-ring (bicyclic) bond motifs is 1. The lowest BCUT2D eigenvalue weighted by molar-refractivity contribution is 0.0690. The van der Waals surface area contributed by atoms with Crippen LogP contribution in [0.25, 0.3) is 5.65 Å². The molecule has 0 aromatic carbocycles. The number of likely N-dealkylation sites (N-methyl/N-ethyl adjacent to an activating group) is 1. The molecule has 1 fully saturated rings. The number of nitrogens with zero attached hydrogens (tertiary/aromatic N) is 4. The van der Waals surface area contributed by atoms with Crippen molar-refractivity contribution in [1.82, 2.24) is 14.3 Å². The zero-order chi connectivity index (χ0) is 15.1. The molecule has 2 aromatic rings. The SMILES string of the molecule is CC1CN(c2nc3ccccn3c2C(=O)O)CC1N(C)C. The van der Waals surface area contributed by atoms with Crippen LogP contribution in [0.15, 0.2) is 24.4 Å². The van der Waals surface area contributed by atoms with Crippen LogP contribution in [0.2, 0.25) is 0 Å². The third-order valence-corrected chi connectivity index (χ3v) is 4.25. The zero-order valence-corrected chi connectivity index (χ0v) is 12.5. The van der Waals surface area contributed by atoms with Gasteiger partial charge in [-0.3, -0.25) is 4.40 Å². The van der Waals surface area contributed by atoms with Crippen LogP contribution in [0.5, 0.6) is 0 Å². The molecule has 2 aromatic heterocycles. The minimum atomic E-state index is -0.940. The molecule has 0 radical (unpaired) electrons. The van der Waals surface area contributed by atoms with Gasteiger partial charge in [-0.15, -0.1) is 0 Å². The van der Waals surface area contributed by atoms with Crippen LogP contribution in [0.4, 0.5) is 5.82 Å². The van der Waals surface area contributed by atoms with Crippen LogP contribution in [0, 0.1) is 5.92 Å². The van der Waals surface area contributed by atoms with Gasteiger partial charge in [-0.1, -0.05) is 13.0 Å². The quantitative estimate of drug-likeness (QED) is 0.925. The van der Waals surface area contributed by atoms with E-state index in [1.54, 1.807) is 10.6 Å². The molecule has 0 bridgehead atoms. The Morgan fingerprint density at radius 2 is 2.14 bits per heavy atom. The van der Waals surface area contributed by atoms with E-state index in [9.17, 15) is 9.90 Å². The van der Waals surface area contributed by atoms with Gasteiger partial charge in [0.2, 0.25) is 0 Å². The normalized spacial score (nSPS) is 22.4. The highest BCUT2D eigenvalue weighted by molar-refractivity contribution is 5.93. The van der Waals surface area contributed by atoms with Crippen LogP contribution >= 0.6 is 0 Å². The van der Waals surface area contributed by atoms with Crippen molar-refractivity contribution < 1.29 is 9.90 Å². The molecule has 1 N–H and O–H groups in total. The Balaban J connectivity index is 2.05. The summed E-state index contributed by atoms with van der Waals surface area (Å²) in [6.07, 6.45) is 1.75. The van der Waals surface area contributed by atoms with Crippen molar-refractivity contribution >= 4 is 17.4 Å². The van der Waals surface area contributed by atoms with Gasteiger partial charge in [-0.2, -0.15) is 0 Å². The predicted octanol–water partition coefficient (Wildman–Crippen LogP) is 1.42. The third-order valence-electron chi connectivity index (χ3n) is 4.25. The maximum absolute atomic E-state index is 11.7. The predicted molar refractivity (Wildman–Crippen MR) is 81.0 cm³/mol. The topological polar surface area (TPSA) is 61.1 Å². The Hall–Kier alpha value is -2.08. The van der Waals surface area contributed by atoms with Crippen LogP contribution in [-0.4, -0.2) is 58.6 Å². The van der Waals surface area contributed by atoms with Crippen molar-refractivity contribution in [2.24, 2.45) is 5.92 Å². The molecule has 2 unspecified atom stereocenters. The fourth-order valence-electron chi connectivity index (χ4n) is 3.20. The van der Waals surface area contributed by atoms with E-state index in [1.807, 2.05) is 18.2 Å². The number of anilines is 1. The lowest BCUT2D eigenvalue weighted by Gasteiger charge is -2.22. The smallest absolute Gasteiger partial charge is 0.356 e. The summed E-state index contributed by atoms with van der Waals surface area (Å²) in [6, 6.07) is 5.93. The Labute approximate surface area is 123 Å². The Morgan fingerprint density at radius 1 is 1.38 bits per heavy atom. The highest BCUT2D eigenvalue weighted by Gasteiger charge is 2.34. The van der Waals surface area contributed by atoms with Gasteiger partial charge >= 0.3 is 5.97 Å². The van der Waals surface area contributed by atoms with Crippen molar-refractivity contribution in [3.63, 3.8) is 0 Å². The summed E-state index contributed by atoms with van der Waals surface area (Å²) in [5, 5.41) is 9.56. The summed E-state index contributed by atoms with van der Waals surface area (Å²) in [6.45, 7) is 3.83. The van der Waals surface area contributed by atoms with E-state index < -0.39 is 5.97 Å². The molecule has 2 atom stereocenters. The summed E-state index contributed by atoms with van der Waals surface area (Å²) in [5.74, 6) is 0.112. The van der Waals surface area contributed by atoms with E-state index in [0.717, 1.165) is 13.1 Å². The molecule has 1 aliphatic rings. The van der Waals surface area contributed by atoms with E-state index in [-0.39, 0.29) is 5.69 Å². The minimum Gasteiger partial charge on any atom is -0.476 e. The van der Waals surface area contributed by atoms with Gasteiger partial charge in [0.25, 0.3) is 0 Å². The number of carboxylic acids is 1. The van der Waals surface area contributed by atoms with E-state index in [0.29, 0.717) is 23.4 Å². The fourth-order valence-corrected chi connectivity index (χ4v) is 3.20. The molecule has 3 heterocycles. The molecule has 0 amide bonds. The number of aromatic nitrogens is 2. The molecular weight excluding hydrogens is 268 g/mol. The lowest BCUT2D eigenvalue weighted by Crippen LogP contribution is -2.34. The molecule has 21 heavy (non-hydrogen) atoms. The number of hydrogen-bond acceptors (Lipinski definition) is 4. The molecular formula is C15H20N4O2. The lowest BCUT2D eigenvalue weighted by atomic mass is 10.1. The van der Waals surface area contributed by atoms with Crippen LogP contribution in [0.3, 0.4) is 0 Å². The first-order valence-corrected chi connectivity index (χ1v) is 7.10. The average molecular weight is 288 g/mol. The summed E-state index contributed by atoms with van der Waals surface area (Å²) < 4.78 is 1.64. The highest BCUT2D eigenvalue weighted by Crippen LogP contribution is 2.29. The number of carbonyl (C=O) groups is 1. The number of hydrogen-bond donors (Lipinski definition) is 1. The van der Waals surface area contributed by atoms with Crippen LogP contribution < -0.4 is 4.90 Å². The van der Waals surface area contributed by atoms with E-state index in [1.165, 1.54) is 0 Å². The second-order valence-corrected chi connectivity index (χ2v) is 5.93. The molecule has 3 rings (SSSR count). The summed E-state index contributed by atoms with van der Waals surface area (Å²) in [7, 11) is 4.12. The van der Waals surface area contributed by atoms with E-state index >= 15 is 0 Å². The number of aromatic carboxylic acids is 1. The number of carboxylic acid groups (broad SMARTS) is 1. The highest BCUT2D eigenvalue weighted by atomic mass is 16.4. The van der Waals surface area contributed by atoms with Crippen molar-refractivity contribution in [3.05, 3.63) is 30.1 Å². The first kappa shape index (κ1) is 13.9. The molecule has 1 aliphatic heterocycles.